The second kappa shape index (κ2) is 8.91. The summed E-state index contributed by atoms with van der Waals surface area (Å²) in [4.78, 5) is 33.8. The van der Waals surface area contributed by atoms with Crippen LogP contribution in [0.3, 0.4) is 0 Å². The Hall–Kier alpha value is -3.83. The topological polar surface area (TPSA) is 123 Å². The number of amides is 3. The van der Waals surface area contributed by atoms with Crippen molar-refractivity contribution in [2.75, 3.05) is 5.32 Å². The van der Waals surface area contributed by atoms with Crippen molar-refractivity contribution in [3.05, 3.63) is 64.2 Å². The van der Waals surface area contributed by atoms with Crippen LogP contribution in [0.2, 0.25) is 0 Å². The monoisotopic (exact) mass is 412 g/mol. The predicted octanol–water partition coefficient (Wildman–Crippen LogP) is 3.23. The molecular formula is C17H15F3N4O5. The average Bonchev–Trinajstić information content (AvgIpc) is 2.65. The van der Waals surface area contributed by atoms with Gasteiger partial charge in [-0.2, -0.15) is 13.2 Å². The number of hydrogen-bond acceptors (Lipinski definition) is 5. The highest BCUT2D eigenvalue weighted by Gasteiger charge is 2.31. The Labute approximate surface area is 162 Å². The van der Waals surface area contributed by atoms with Gasteiger partial charge >= 0.3 is 12.2 Å². The first kappa shape index (κ1) is 21.5. The number of carbonyl (C=O) groups excluding carboxylic acids is 2. The Morgan fingerprint density at radius 3 is 2.45 bits per heavy atom. The van der Waals surface area contributed by atoms with E-state index in [0.29, 0.717) is 0 Å². The normalized spacial score (nSPS) is 11.9. The van der Waals surface area contributed by atoms with Crippen molar-refractivity contribution in [3.63, 3.8) is 0 Å². The molecule has 1 unspecified atom stereocenters. The van der Waals surface area contributed by atoms with Gasteiger partial charge in [0.1, 0.15) is 5.75 Å². The number of urea groups is 1. The lowest BCUT2D eigenvalue weighted by Gasteiger charge is -2.16. The summed E-state index contributed by atoms with van der Waals surface area (Å²) >= 11 is 0. The zero-order chi connectivity index (χ0) is 21.6. The number of alkyl halides is 3. The summed E-state index contributed by atoms with van der Waals surface area (Å²) in [5.41, 5.74) is 2.96. The molecule has 154 valence electrons. The minimum Gasteiger partial charge on any atom is -0.481 e. The summed E-state index contributed by atoms with van der Waals surface area (Å²) in [5.74, 6) is -1.01. The molecule has 0 saturated heterocycles. The summed E-state index contributed by atoms with van der Waals surface area (Å²) in [6.07, 6.45) is -5.78. The maximum absolute atomic E-state index is 12.7. The van der Waals surface area contributed by atoms with E-state index in [9.17, 15) is 32.9 Å². The number of anilines is 1. The fourth-order valence-electron chi connectivity index (χ4n) is 2.08. The number of ether oxygens (including phenoxy) is 1. The lowest BCUT2D eigenvalue weighted by atomic mass is 10.2. The molecule has 0 fully saturated rings. The van der Waals surface area contributed by atoms with Gasteiger partial charge in [0.2, 0.25) is 0 Å². The molecule has 0 aliphatic heterocycles. The first-order valence-electron chi connectivity index (χ1n) is 8.01. The van der Waals surface area contributed by atoms with Crippen molar-refractivity contribution in [1.29, 1.82) is 0 Å². The maximum atomic E-state index is 12.7. The Balaban J connectivity index is 1.88. The van der Waals surface area contributed by atoms with E-state index in [-0.39, 0.29) is 17.1 Å². The van der Waals surface area contributed by atoms with Gasteiger partial charge in [-0.1, -0.05) is 12.1 Å². The van der Waals surface area contributed by atoms with Crippen LogP contribution in [0, 0.1) is 10.1 Å². The summed E-state index contributed by atoms with van der Waals surface area (Å²) in [7, 11) is 0. The van der Waals surface area contributed by atoms with Crippen LogP contribution < -0.4 is 20.9 Å². The largest absolute Gasteiger partial charge is 0.481 e. The molecule has 0 spiro atoms. The lowest BCUT2D eigenvalue weighted by molar-refractivity contribution is -0.384. The number of nitrogens with zero attached hydrogens (tertiary/aromatic N) is 1. The van der Waals surface area contributed by atoms with Crippen LogP contribution in [0.1, 0.15) is 12.5 Å². The fraction of sp³-hybridized carbons (Fsp3) is 0.176. The molecule has 0 aliphatic rings. The third kappa shape index (κ3) is 6.37. The SMILES string of the molecule is CC(Oc1cccc(C(F)(F)F)c1)C(=O)NNC(=O)Nc1cccc([N+](=O)[O-])c1. The van der Waals surface area contributed by atoms with Crippen LogP contribution in [-0.2, 0) is 11.0 Å². The van der Waals surface area contributed by atoms with Gasteiger partial charge in [-0.05, 0) is 31.2 Å². The second-order valence-corrected chi connectivity index (χ2v) is 5.66. The molecule has 3 N–H and O–H groups in total. The van der Waals surface area contributed by atoms with Crippen LogP contribution >= 0.6 is 0 Å². The Morgan fingerprint density at radius 1 is 1.10 bits per heavy atom. The van der Waals surface area contributed by atoms with Gasteiger partial charge in [0.25, 0.3) is 11.6 Å². The van der Waals surface area contributed by atoms with E-state index < -0.39 is 34.7 Å². The van der Waals surface area contributed by atoms with E-state index in [4.69, 9.17) is 4.74 Å². The molecule has 2 aromatic rings. The van der Waals surface area contributed by atoms with Crippen molar-refractivity contribution in [2.45, 2.75) is 19.2 Å². The summed E-state index contributed by atoms with van der Waals surface area (Å²) in [6, 6.07) is 8.19. The van der Waals surface area contributed by atoms with Crippen LogP contribution in [0.25, 0.3) is 0 Å². The van der Waals surface area contributed by atoms with E-state index >= 15 is 0 Å². The van der Waals surface area contributed by atoms with E-state index in [1.165, 1.54) is 31.2 Å². The number of benzene rings is 2. The lowest BCUT2D eigenvalue weighted by Crippen LogP contribution is -2.48. The number of nitro groups is 1. The van der Waals surface area contributed by atoms with Gasteiger partial charge in [0.15, 0.2) is 6.10 Å². The van der Waals surface area contributed by atoms with Crippen molar-refractivity contribution < 1.29 is 32.4 Å². The molecule has 29 heavy (non-hydrogen) atoms. The molecule has 3 amide bonds. The number of hydrogen-bond donors (Lipinski definition) is 3. The molecule has 9 nitrogen and oxygen atoms in total. The molecule has 2 rings (SSSR count). The van der Waals surface area contributed by atoms with Crippen LogP contribution in [0.5, 0.6) is 5.75 Å². The van der Waals surface area contributed by atoms with Crippen LogP contribution in [-0.4, -0.2) is 23.0 Å². The van der Waals surface area contributed by atoms with E-state index in [1.54, 1.807) is 0 Å². The van der Waals surface area contributed by atoms with Gasteiger partial charge in [-0.25, -0.2) is 10.2 Å². The van der Waals surface area contributed by atoms with Crippen molar-refractivity contribution in [2.24, 2.45) is 0 Å². The number of nitro benzene ring substituents is 1. The Morgan fingerprint density at radius 2 is 1.79 bits per heavy atom. The molecule has 12 heteroatoms. The molecule has 0 saturated carbocycles. The quantitative estimate of drug-likeness (QED) is 0.514. The summed E-state index contributed by atoms with van der Waals surface area (Å²) in [5, 5.41) is 13.0. The standard InChI is InChI=1S/C17H15F3N4O5/c1-10(29-14-7-2-4-11(8-14)17(18,19)20)15(25)22-23-16(26)21-12-5-3-6-13(9-12)24(27)28/h2-10H,1H3,(H,22,25)(H2,21,23,26). The predicted molar refractivity (Wildman–Crippen MR) is 94.9 cm³/mol. The molecule has 2 aromatic carbocycles. The van der Waals surface area contributed by atoms with Gasteiger partial charge in [0.05, 0.1) is 10.5 Å². The van der Waals surface area contributed by atoms with Gasteiger partial charge < -0.3 is 10.1 Å². The maximum Gasteiger partial charge on any atom is 0.416 e. The first-order chi connectivity index (χ1) is 13.6. The highest BCUT2D eigenvalue weighted by Crippen LogP contribution is 2.31. The van der Waals surface area contributed by atoms with Crippen LogP contribution in [0.4, 0.5) is 29.3 Å². The molecule has 1 atom stereocenters. The highest BCUT2D eigenvalue weighted by atomic mass is 19.4. The number of non-ortho nitro benzene ring substituents is 1. The van der Waals surface area contributed by atoms with Crippen LogP contribution in [0.15, 0.2) is 48.5 Å². The smallest absolute Gasteiger partial charge is 0.416 e. The minimum absolute atomic E-state index is 0.110. The third-order valence-electron chi connectivity index (χ3n) is 3.46. The van der Waals surface area contributed by atoms with E-state index in [1.807, 2.05) is 10.9 Å². The van der Waals surface area contributed by atoms with E-state index in [0.717, 1.165) is 24.3 Å². The number of hydrazine groups is 1. The fourth-order valence-corrected chi connectivity index (χ4v) is 2.08. The van der Waals surface area contributed by atoms with E-state index in [2.05, 4.69) is 5.32 Å². The summed E-state index contributed by atoms with van der Waals surface area (Å²) in [6.45, 7) is 1.27. The zero-order valence-corrected chi connectivity index (χ0v) is 14.8. The minimum atomic E-state index is -4.56. The van der Waals surface area contributed by atoms with Crippen molar-refractivity contribution in [1.82, 2.24) is 10.9 Å². The molecule has 0 aliphatic carbocycles. The second-order valence-electron chi connectivity index (χ2n) is 5.66. The number of rotatable bonds is 5. The van der Waals surface area contributed by atoms with Crippen molar-refractivity contribution in [3.8, 4) is 5.75 Å². The van der Waals surface area contributed by atoms with Gasteiger partial charge in [-0.3, -0.25) is 20.3 Å². The Bertz CT molecular complexity index is 920. The highest BCUT2D eigenvalue weighted by molar-refractivity contribution is 5.91. The molecule has 0 heterocycles. The summed E-state index contributed by atoms with van der Waals surface area (Å²) < 4.78 is 43.2. The molecule has 0 radical (unpaired) electrons. The average molecular weight is 412 g/mol. The number of carbonyl (C=O) groups is 2. The molecule has 0 bridgehead atoms. The Kier molecular flexibility index (Phi) is 6.59. The third-order valence-corrected chi connectivity index (χ3v) is 3.46. The zero-order valence-electron chi connectivity index (χ0n) is 14.8. The first-order valence-corrected chi connectivity index (χ1v) is 8.01. The molecular weight excluding hydrogens is 397 g/mol. The molecule has 0 aromatic heterocycles. The van der Waals surface area contributed by atoms with Gasteiger partial charge in [0, 0.05) is 17.8 Å². The number of halogens is 3. The number of nitrogens with one attached hydrogen (secondary N) is 3. The van der Waals surface area contributed by atoms with Crippen molar-refractivity contribution >= 4 is 23.3 Å². The van der Waals surface area contributed by atoms with Gasteiger partial charge in [-0.15, -0.1) is 0 Å².